The number of nitrogens with zero attached hydrogens (tertiary/aromatic N) is 4. The number of fused-ring (bicyclic) bond motifs is 7. The average molecular weight is 323 g/mol. The molecule has 5 aromatic rings. The molecule has 0 N–H and O–H groups in total. The van der Waals surface area contributed by atoms with E-state index in [-0.39, 0.29) is 0 Å². The molecule has 6 rings (SSSR count). The van der Waals surface area contributed by atoms with Gasteiger partial charge in [0.2, 0.25) is 5.65 Å². The number of rotatable bonds is 1. The van der Waals surface area contributed by atoms with Crippen LogP contribution in [-0.2, 0) is 6.54 Å². The second-order valence-electron chi connectivity index (χ2n) is 6.46. The molecule has 25 heavy (non-hydrogen) atoms. The fraction of sp³-hybridized carbons (Fsp3) is 0.0476. The number of aromatic nitrogens is 4. The second kappa shape index (κ2) is 4.57. The lowest BCUT2D eigenvalue weighted by Crippen LogP contribution is -2.18. The van der Waals surface area contributed by atoms with Gasteiger partial charge in [-0.2, -0.15) is 4.40 Å². The van der Waals surface area contributed by atoms with Crippen molar-refractivity contribution in [1.29, 1.82) is 0 Å². The molecule has 4 nitrogen and oxygen atoms in total. The molecule has 1 aliphatic heterocycles. The van der Waals surface area contributed by atoms with Gasteiger partial charge in [0.15, 0.2) is 17.5 Å². The zero-order chi connectivity index (χ0) is 16.4. The first-order valence-corrected chi connectivity index (χ1v) is 8.45. The van der Waals surface area contributed by atoms with E-state index < -0.39 is 0 Å². The maximum Gasteiger partial charge on any atom is 0.273 e. The fourth-order valence-corrected chi connectivity index (χ4v) is 4.03. The third kappa shape index (κ3) is 1.61. The molecule has 0 spiro atoms. The van der Waals surface area contributed by atoms with Crippen LogP contribution in [0.1, 0.15) is 5.56 Å². The van der Waals surface area contributed by atoms with E-state index in [1.807, 2.05) is 12.3 Å². The van der Waals surface area contributed by atoms with Crippen molar-refractivity contribution in [2.75, 3.05) is 0 Å². The summed E-state index contributed by atoms with van der Waals surface area (Å²) in [7, 11) is 0. The number of para-hydroxylation sites is 1. The lowest BCUT2D eigenvalue weighted by Gasteiger charge is -2.02. The predicted octanol–water partition coefficient (Wildman–Crippen LogP) is 3.59. The van der Waals surface area contributed by atoms with Crippen molar-refractivity contribution in [3.63, 3.8) is 0 Å². The van der Waals surface area contributed by atoms with Crippen LogP contribution in [-0.4, -0.2) is 14.1 Å². The molecule has 0 fully saturated rings. The Labute approximate surface area is 144 Å². The SMILES string of the molecule is c1ccc(-n2c3cccnc3[n+]3cn4c(c23)-c2ccccc2C4)cc1. The highest BCUT2D eigenvalue weighted by atomic mass is 15.2. The van der Waals surface area contributed by atoms with Crippen LogP contribution in [0.25, 0.3) is 33.8 Å². The summed E-state index contributed by atoms with van der Waals surface area (Å²) >= 11 is 0. The minimum Gasteiger partial charge on any atom is -0.272 e. The topological polar surface area (TPSA) is 26.9 Å². The minimum absolute atomic E-state index is 0.913. The summed E-state index contributed by atoms with van der Waals surface area (Å²) in [6, 6.07) is 23.3. The van der Waals surface area contributed by atoms with E-state index in [2.05, 4.69) is 85.5 Å². The van der Waals surface area contributed by atoms with E-state index in [0.717, 1.165) is 23.4 Å². The maximum atomic E-state index is 4.65. The van der Waals surface area contributed by atoms with Crippen molar-refractivity contribution in [2.24, 2.45) is 0 Å². The van der Waals surface area contributed by atoms with E-state index in [1.165, 1.54) is 22.5 Å². The maximum absolute atomic E-state index is 4.65. The van der Waals surface area contributed by atoms with Gasteiger partial charge in [0.05, 0.1) is 18.4 Å². The zero-order valence-corrected chi connectivity index (χ0v) is 13.5. The summed E-state index contributed by atoms with van der Waals surface area (Å²) in [5, 5.41) is 0. The summed E-state index contributed by atoms with van der Waals surface area (Å²) in [5.74, 6) is 0. The van der Waals surface area contributed by atoms with Crippen LogP contribution in [0.5, 0.6) is 0 Å². The normalized spacial score (nSPS) is 12.6. The third-order valence-corrected chi connectivity index (χ3v) is 5.06. The molecule has 0 bridgehead atoms. The molecular weight excluding hydrogens is 308 g/mol. The van der Waals surface area contributed by atoms with Crippen LogP contribution < -0.4 is 4.40 Å². The molecule has 0 aliphatic carbocycles. The molecule has 118 valence electrons. The Morgan fingerprint density at radius 3 is 2.64 bits per heavy atom. The van der Waals surface area contributed by atoms with Crippen molar-refractivity contribution in [2.45, 2.75) is 6.54 Å². The summed E-state index contributed by atoms with van der Waals surface area (Å²) < 4.78 is 6.86. The first-order valence-electron chi connectivity index (χ1n) is 8.45. The Morgan fingerprint density at radius 1 is 0.880 bits per heavy atom. The summed E-state index contributed by atoms with van der Waals surface area (Å²) in [6.07, 6.45) is 4.04. The van der Waals surface area contributed by atoms with Crippen molar-refractivity contribution >= 4 is 16.8 Å². The van der Waals surface area contributed by atoms with Crippen LogP contribution in [0.3, 0.4) is 0 Å². The van der Waals surface area contributed by atoms with Gasteiger partial charge in [-0.3, -0.25) is 4.57 Å². The molecule has 0 radical (unpaired) electrons. The van der Waals surface area contributed by atoms with Gasteiger partial charge in [-0.15, -0.1) is 4.98 Å². The molecule has 2 aromatic carbocycles. The molecule has 4 heteroatoms. The first kappa shape index (κ1) is 13.0. The first-order chi connectivity index (χ1) is 12.4. The predicted molar refractivity (Wildman–Crippen MR) is 96.8 cm³/mol. The van der Waals surface area contributed by atoms with Crippen LogP contribution in [0.2, 0.25) is 0 Å². The summed E-state index contributed by atoms with van der Waals surface area (Å²) in [5.41, 5.74) is 8.38. The van der Waals surface area contributed by atoms with E-state index in [0.29, 0.717) is 0 Å². The number of hydrogen-bond acceptors (Lipinski definition) is 1. The molecule has 1 aliphatic rings. The molecule has 0 saturated carbocycles. The number of benzene rings is 2. The van der Waals surface area contributed by atoms with Crippen LogP contribution in [0.4, 0.5) is 0 Å². The molecule has 3 aromatic heterocycles. The van der Waals surface area contributed by atoms with E-state index in [1.54, 1.807) is 0 Å². The standard InChI is InChI=1S/C21H15N4/c1-2-8-16(9-3-1)25-18-11-6-12-22-20(18)24-14-23-13-15-7-4-5-10-17(15)19(23)21(24)25/h1-12,14H,13H2/q+1. The lowest BCUT2D eigenvalue weighted by atomic mass is 10.1. The minimum atomic E-state index is 0.913. The molecular formula is C21H15N4+. The van der Waals surface area contributed by atoms with Crippen LogP contribution in [0, 0.1) is 0 Å². The Balaban J connectivity index is 1.84. The van der Waals surface area contributed by atoms with Crippen molar-refractivity contribution in [3.8, 4) is 16.9 Å². The highest BCUT2D eigenvalue weighted by molar-refractivity contribution is 5.85. The average Bonchev–Trinajstić information content (AvgIpc) is 3.29. The summed E-state index contributed by atoms with van der Waals surface area (Å²) in [6.45, 7) is 0.913. The number of imidazole rings is 2. The second-order valence-corrected chi connectivity index (χ2v) is 6.46. The number of hydrogen-bond donors (Lipinski definition) is 0. The van der Waals surface area contributed by atoms with E-state index in [4.69, 9.17) is 0 Å². The molecule has 0 saturated heterocycles. The van der Waals surface area contributed by atoms with Gasteiger partial charge in [-0.05, 0) is 29.8 Å². The van der Waals surface area contributed by atoms with Gasteiger partial charge in [-0.25, -0.2) is 4.57 Å². The summed E-state index contributed by atoms with van der Waals surface area (Å²) in [4.78, 5) is 4.65. The Hall–Kier alpha value is -3.40. The molecule has 0 amide bonds. The smallest absolute Gasteiger partial charge is 0.272 e. The zero-order valence-electron chi connectivity index (χ0n) is 13.5. The Morgan fingerprint density at radius 2 is 1.72 bits per heavy atom. The lowest BCUT2D eigenvalue weighted by molar-refractivity contribution is -0.484. The van der Waals surface area contributed by atoms with Gasteiger partial charge in [-0.1, -0.05) is 42.5 Å². The van der Waals surface area contributed by atoms with E-state index in [9.17, 15) is 0 Å². The van der Waals surface area contributed by atoms with E-state index >= 15 is 0 Å². The molecule has 0 unspecified atom stereocenters. The fourth-order valence-electron chi connectivity index (χ4n) is 4.03. The quantitative estimate of drug-likeness (QED) is 0.425. The van der Waals surface area contributed by atoms with Gasteiger partial charge in [0.1, 0.15) is 0 Å². The molecule has 0 atom stereocenters. The van der Waals surface area contributed by atoms with Gasteiger partial charge >= 0.3 is 0 Å². The molecule has 4 heterocycles. The van der Waals surface area contributed by atoms with Crippen molar-refractivity contribution < 1.29 is 4.40 Å². The Kier molecular flexibility index (Phi) is 2.37. The van der Waals surface area contributed by atoms with Crippen LogP contribution in [0.15, 0.2) is 79.3 Å². The number of pyridine rings is 1. The third-order valence-electron chi connectivity index (χ3n) is 5.06. The highest BCUT2D eigenvalue weighted by Crippen LogP contribution is 2.36. The van der Waals surface area contributed by atoms with Gasteiger partial charge in [0, 0.05) is 5.56 Å². The monoisotopic (exact) mass is 323 g/mol. The van der Waals surface area contributed by atoms with Crippen molar-refractivity contribution in [1.82, 2.24) is 14.1 Å². The van der Waals surface area contributed by atoms with Gasteiger partial charge < -0.3 is 0 Å². The highest BCUT2D eigenvalue weighted by Gasteiger charge is 2.31. The van der Waals surface area contributed by atoms with Gasteiger partial charge in [0.25, 0.3) is 5.65 Å². The van der Waals surface area contributed by atoms with Crippen molar-refractivity contribution in [3.05, 3.63) is 84.8 Å². The Bertz CT molecular complexity index is 1260. The largest absolute Gasteiger partial charge is 0.273 e. The van der Waals surface area contributed by atoms with Crippen LogP contribution >= 0.6 is 0 Å².